The van der Waals surface area contributed by atoms with Crippen LogP contribution in [0.4, 0.5) is 10.5 Å². The smallest absolute Gasteiger partial charge is 0.410 e. The molecule has 0 saturated carbocycles. The first-order valence-corrected chi connectivity index (χ1v) is 15.8. The molecule has 12 heteroatoms. The van der Waals surface area contributed by atoms with Crippen LogP contribution in [0.2, 0.25) is 0 Å². The van der Waals surface area contributed by atoms with Crippen LogP contribution in [0.5, 0.6) is 0 Å². The molecular formula is C35H46N4O8. The van der Waals surface area contributed by atoms with E-state index < -0.39 is 23.6 Å². The summed E-state index contributed by atoms with van der Waals surface area (Å²) in [7, 11) is 1.75. The van der Waals surface area contributed by atoms with Gasteiger partial charge in [-0.2, -0.15) is 0 Å². The van der Waals surface area contributed by atoms with Crippen LogP contribution in [-0.4, -0.2) is 102 Å². The van der Waals surface area contributed by atoms with E-state index in [2.05, 4.69) is 35.1 Å². The lowest BCUT2D eigenvalue weighted by molar-refractivity contribution is -0.138. The third kappa shape index (κ3) is 13.0. The molecule has 3 amide bonds. The number of pyridine rings is 1. The van der Waals surface area contributed by atoms with E-state index in [9.17, 15) is 19.2 Å². The van der Waals surface area contributed by atoms with E-state index >= 15 is 0 Å². The maximum absolute atomic E-state index is 13.5. The summed E-state index contributed by atoms with van der Waals surface area (Å²) in [5, 5.41) is 11.6. The highest BCUT2D eigenvalue weighted by Gasteiger charge is 2.30. The Morgan fingerprint density at radius 1 is 1.13 bits per heavy atom. The number of carboxylic acids is 1. The SMILES string of the molecule is CCc1cccc(-c2cnc(C#CCOCCOCCC(=O)O)c(NC(=O)CN(CC3CCN(C)C(=O)C3)C(=O)OC(C)(C)C)c2)c1. The minimum absolute atomic E-state index is 0.00257. The number of hydrogen-bond acceptors (Lipinski definition) is 8. The molecule has 0 aliphatic carbocycles. The van der Waals surface area contributed by atoms with Gasteiger partial charge in [-0.15, -0.1) is 0 Å². The maximum atomic E-state index is 13.5. The Morgan fingerprint density at radius 3 is 2.60 bits per heavy atom. The van der Waals surface area contributed by atoms with Gasteiger partial charge in [0.25, 0.3) is 0 Å². The van der Waals surface area contributed by atoms with Crippen molar-refractivity contribution < 1.29 is 38.5 Å². The van der Waals surface area contributed by atoms with Crippen molar-refractivity contribution in [2.45, 2.75) is 59.0 Å². The minimum Gasteiger partial charge on any atom is -0.481 e. The molecule has 1 unspecified atom stereocenters. The Balaban J connectivity index is 1.78. The van der Waals surface area contributed by atoms with E-state index in [1.165, 1.54) is 4.90 Å². The molecular weight excluding hydrogens is 604 g/mol. The fourth-order valence-electron chi connectivity index (χ4n) is 4.78. The highest BCUT2D eigenvalue weighted by molar-refractivity contribution is 5.95. The number of aromatic nitrogens is 1. The van der Waals surface area contributed by atoms with Gasteiger partial charge in [-0.05, 0) is 62.6 Å². The number of benzene rings is 1. The summed E-state index contributed by atoms with van der Waals surface area (Å²) in [6.45, 7) is 8.49. The normalized spacial score (nSPS) is 14.6. The zero-order valence-corrected chi connectivity index (χ0v) is 28.0. The standard InChI is InChI=1S/C35H46N4O8/c1-6-25-9-7-10-27(19-25)28-21-30(29(36-22-28)11-8-15-45-17-18-46-16-13-33(42)43)37-31(40)24-39(34(44)47-35(2,3)4)23-26-12-14-38(5)32(41)20-26/h7,9-10,19,21-22,26H,6,12-18,20,23-24H2,1-5H3,(H,37,40)(H,42,43). The number of nitrogens with one attached hydrogen (secondary N) is 1. The maximum Gasteiger partial charge on any atom is 0.410 e. The summed E-state index contributed by atoms with van der Waals surface area (Å²) in [4.78, 5) is 57.2. The number of aliphatic carboxylic acids is 1. The van der Waals surface area contributed by atoms with Crippen LogP contribution < -0.4 is 5.32 Å². The first-order valence-electron chi connectivity index (χ1n) is 15.8. The van der Waals surface area contributed by atoms with Crippen LogP contribution in [0, 0.1) is 17.8 Å². The van der Waals surface area contributed by atoms with Gasteiger partial charge in [0.05, 0.1) is 31.9 Å². The molecule has 0 bridgehead atoms. The van der Waals surface area contributed by atoms with E-state index in [-0.39, 0.29) is 64.2 Å². The van der Waals surface area contributed by atoms with E-state index in [1.807, 2.05) is 18.2 Å². The quantitative estimate of drug-likeness (QED) is 0.227. The van der Waals surface area contributed by atoms with E-state index in [0.717, 1.165) is 23.1 Å². The second-order valence-corrected chi connectivity index (χ2v) is 12.4. The first-order chi connectivity index (χ1) is 22.3. The Kier molecular flexibility index (Phi) is 14.2. The number of hydrogen-bond donors (Lipinski definition) is 2. The topological polar surface area (TPSA) is 148 Å². The van der Waals surface area contributed by atoms with E-state index in [4.69, 9.17) is 19.3 Å². The highest BCUT2D eigenvalue weighted by Crippen LogP contribution is 2.26. The molecule has 0 radical (unpaired) electrons. The minimum atomic E-state index is -0.928. The Labute approximate surface area is 276 Å². The molecule has 1 aromatic heterocycles. The molecule has 1 saturated heterocycles. The zero-order chi connectivity index (χ0) is 34.4. The number of carbonyl (C=O) groups excluding carboxylic acids is 3. The molecule has 1 fully saturated rings. The number of anilines is 1. The number of ether oxygens (including phenoxy) is 3. The van der Waals surface area contributed by atoms with Crippen LogP contribution in [-0.2, 0) is 35.0 Å². The zero-order valence-electron chi connectivity index (χ0n) is 28.0. The van der Waals surface area contributed by atoms with Crippen LogP contribution >= 0.6 is 0 Å². The molecule has 254 valence electrons. The summed E-state index contributed by atoms with van der Waals surface area (Å²) < 4.78 is 16.3. The van der Waals surface area contributed by atoms with Gasteiger partial charge in [-0.25, -0.2) is 9.78 Å². The van der Waals surface area contributed by atoms with Crippen molar-refractivity contribution in [1.29, 1.82) is 0 Å². The molecule has 2 aromatic rings. The van der Waals surface area contributed by atoms with Crippen LogP contribution in [0.3, 0.4) is 0 Å². The molecule has 3 rings (SSSR count). The number of likely N-dealkylation sites (tertiary alicyclic amines) is 1. The van der Waals surface area contributed by atoms with Crippen molar-refractivity contribution in [3.05, 3.63) is 47.8 Å². The summed E-state index contributed by atoms with van der Waals surface area (Å²) in [5.41, 5.74) is 2.79. The number of rotatable bonds is 14. The summed E-state index contributed by atoms with van der Waals surface area (Å²) >= 11 is 0. The molecule has 2 heterocycles. The lowest BCUT2D eigenvalue weighted by atomic mass is 9.96. The van der Waals surface area contributed by atoms with Gasteiger partial charge in [-0.3, -0.25) is 19.3 Å². The first kappa shape index (κ1) is 37.0. The summed E-state index contributed by atoms with van der Waals surface area (Å²) in [6.07, 6.45) is 2.84. The van der Waals surface area contributed by atoms with Crippen molar-refractivity contribution in [2.75, 3.05) is 58.4 Å². The fraction of sp³-hybridized carbons (Fsp3) is 0.514. The molecule has 0 spiro atoms. The fourth-order valence-corrected chi connectivity index (χ4v) is 4.78. The number of aryl methyl sites for hydroxylation is 1. The van der Waals surface area contributed by atoms with E-state index in [0.29, 0.717) is 24.3 Å². The highest BCUT2D eigenvalue weighted by atomic mass is 16.6. The van der Waals surface area contributed by atoms with Gasteiger partial charge in [0, 0.05) is 38.3 Å². The number of amides is 3. The van der Waals surface area contributed by atoms with E-state index in [1.54, 1.807) is 45.0 Å². The molecule has 12 nitrogen and oxygen atoms in total. The predicted octanol–water partition coefficient (Wildman–Crippen LogP) is 4.21. The van der Waals surface area contributed by atoms with Crippen molar-refractivity contribution in [1.82, 2.24) is 14.8 Å². The van der Waals surface area contributed by atoms with Gasteiger partial charge < -0.3 is 29.5 Å². The summed E-state index contributed by atoms with van der Waals surface area (Å²) in [5.74, 6) is 4.36. The average Bonchev–Trinajstić information content (AvgIpc) is 3.01. The number of carboxylic acid groups (broad SMARTS) is 1. The van der Waals surface area contributed by atoms with Crippen molar-refractivity contribution in [3.63, 3.8) is 0 Å². The lowest BCUT2D eigenvalue weighted by Gasteiger charge is -2.33. The van der Waals surface area contributed by atoms with Crippen molar-refractivity contribution in [2.24, 2.45) is 5.92 Å². The molecule has 47 heavy (non-hydrogen) atoms. The third-order valence-corrected chi connectivity index (χ3v) is 7.27. The Bertz CT molecular complexity index is 1460. The molecule has 1 aromatic carbocycles. The molecule has 2 N–H and O–H groups in total. The monoisotopic (exact) mass is 650 g/mol. The molecule has 1 aliphatic rings. The second-order valence-electron chi connectivity index (χ2n) is 12.4. The van der Waals surface area contributed by atoms with Gasteiger partial charge in [-0.1, -0.05) is 37.1 Å². The lowest BCUT2D eigenvalue weighted by Crippen LogP contribution is -2.46. The number of carbonyl (C=O) groups is 4. The summed E-state index contributed by atoms with van der Waals surface area (Å²) in [6, 6.07) is 9.84. The Morgan fingerprint density at radius 2 is 1.89 bits per heavy atom. The van der Waals surface area contributed by atoms with Gasteiger partial charge >= 0.3 is 12.1 Å². The predicted molar refractivity (Wildman–Crippen MR) is 177 cm³/mol. The van der Waals surface area contributed by atoms with Crippen LogP contribution in [0.1, 0.15) is 58.2 Å². The van der Waals surface area contributed by atoms with Crippen molar-refractivity contribution >= 4 is 29.6 Å². The molecule has 1 atom stereocenters. The average molecular weight is 651 g/mol. The molecule has 1 aliphatic heterocycles. The van der Waals surface area contributed by atoms with Gasteiger partial charge in [0.2, 0.25) is 11.8 Å². The third-order valence-electron chi connectivity index (χ3n) is 7.27. The van der Waals surface area contributed by atoms with Crippen LogP contribution in [0.15, 0.2) is 36.5 Å². The number of piperidine rings is 1. The Hall–Kier alpha value is -4.47. The van der Waals surface area contributed by atoms with Gasteiger partial charge in [0.15, 0.2) is 0 Å². The second kappa shape index (κ2) is 18.0. The van der Waals surface area contributed by atoms with Crippen molar-refractivity contribution in [3.8, 4) is 23.0 Å². The number of nitrogens with zero attached hydrogens (tertiary/aromatic N) is 3. The van der Waals surface area contributed by atoms with Crippen LogP contribution in [0.25, 0.3) is 11.1 Å². The largest absolute Gasteiger partial charge is 0.481 e. The van der Waals surface area contributed by atoms with Gasteiger partial charge in [0.1, 0.15) is 24.4 Å².